The molecule has 7 nitrogen and oxygen atoms in total. The molecular formula is C12H22N6O. The largest absolute Gasteiger partial charge is 0.348 e. The van der Waals surface area contributed by atoms with Crippen LogP contribution < -0.4 is 10.6 Å². The third-order valence-electron chi connectivity index (χ3n) is 3.14. The number of hydrogen-bond acceptors (Lipinski definition) is 5. The van der Waals surface area contributed by atoms with E-state index in [1.165, 1.54) is 0 Å². The van der Waals surface area contributed by atoms with E-state index in [2.05, 4.69) is 37.6 Å². The van der Waals surface area contributed by atoms with Crippen LogP contribution in [0, 0.1) is 0 Å². The maximum Gasteiger partial charge on any atom is 0.291 e. The molecule has 0 saturated carbocycles. The number of carbonyl (C=O) groups excluding carboxylic acids is 1. The lowest BCUT2D eigenvalue weighted by Gasteiger charge is -2.26. The smallest absolute Gasteiger partial charge is 0.291 e. The highest BCUT2D eigenvalue weighted by Crippen LogP contribution is 1.96. The SMILES string of the molecule is CCCc1nc(C(=O)NCCN2CCNCC2)n[nH]1. The summed E-state index contributed by atoms with van der Waals surface area (Å²) in [4.78, 5) is 18.3. The quantitative estimate of drug-likeness (QED) is 0.639. The topological polar surface area (TPSA) is 85.9 Å². The summed E-state index contributed by atoms with van der Waals surface area (Å²) in [5.41, 5.74) is 0. The van der Waals surface area contributed by atoms with Crippen LogP contribution in [0.5, 0.6) is 0 Å². The Balaban J connectivity index is 1.70. The molecule has 0 unspecified atom stereocenters. The number of nitrogens with zero attached hydrogens (tertiary/aromatic N) is 3. The Bertz CT molecular complexity index is 399. The monoisotopic (exact) mass is 266 g/mol. The van der Waals surface area contributed by atoms with Crippen LogP contribution in [-0.4, -0.2) is 65.3 Å². The molecule has 1 fully saturated rings. The number of amides is 1. The predicted molar refractivity (Wildman–Crippen MR) is 72.0 cm³/mol. The predicted octanol–water partition coefficient (Wildman–Crippen LogP) is -0.608. The standard InChI is InChI=1S/C12H22N6O/c1-2-3-10-15-11(17-16-10)12(19)14-6-9-18-7-4-13-5-8-18/h13H,2-9H2,1H3,(H,14,19)(H,15,16,17). The maximum absolute atomic E-state index is 11.8. The number of hydrogen-bond donors (Lipinski definition) is 3. The zero-order valence-electron chi connectivity index (χ0n) is 11.4. The van der Waals surface area contributed by atoms with Gasteiger partial charge in [0.2, 0.25) is 5.82 Å². The maximum atomic E-state index is 11.8. The van der Waals surface area contributed by atoms with E-state index in [4.69, 9.17) is 0 Å². The zero-order valence-corrected chi connectivity index (χ0v) is 11.4. The average molecular weight is 266 g/mol. The Morgan fingerprint density at radius 1 is 1.42 bits per heavy atom. The van der Waals surface area contributed by atoms with Gasteiger partial charge in [-0.3, -0.25) is 14.8 Å². The van der Waals surface area contributed by atoms with Crippen LogP contribution in [0.25, 0.3) is 0 Å². The van der Waals surface area contributed by atoms with Gasteiger partial charge in [0.25, 0.3) is 5.91 Å². The molecule has 1 aromatic rings. The van der Waals surface area contributed by atoms with Gasteiger partial charge in [0, 0.05) is 45.7 Å². The van der Waals surface area contributed by atoms with Crippen molar-refractivity contribution in [3.63, 3.8) is 0 Å². The summed E-state index contributed by atoms with van der Waals surface area (Å²) in [5.74, 6) is 0.812. The highest BCUT2D eigenvalue weighted by molar-refractivity contribution is 5.90. The highest BCUT2D eigenvalue weighted by Gasteiger charge is 2.13. The Labute approximate surface area is 113 Å². The number of H-pyrrole nitrogens is 1. The van der Waals surface area contributed by atoms with E-state index in [1.807, 2.05) is 0 Å². The van der Waals surface area contributed by atoms with E-state index in [9.17, 15) is 4.79 Å². The summed E-state index contributed by atoms with van der Waals surface area (Å²) in [6.07, 6.45) is 1.81. The van der Waals surface area contributed by atoms with Gasteiger partial charge in [0.1, 0.15) is 5.82 Å². The van der Waals surface area contributed by atoms with Crippen molar-refractivity contribution in [3.8, 4) is 0 Å². The molecule has 0 atom stereocenters. The first kappa shape index (κ1) is 14.0. The van der Waals surface area contributed by atoms with Crippen molar-refractivity contribution in [2.24, 2.45) is 0 Å². The van der Waals surface area contributed by atoms with Crippen molar-refractivity contribution < 1.29 is 4.79 Å². The Morgan fingerprint density at radius 3 is 2.95 bits per heavy atom. The summed E-state index contributed by atoms with van der Waals surface area (Å²) in [7, 11) is 0. The molecule has 1 aliphatic heterocycles. The summed E-state index contributed by atoms with van der Waals surface area (Å²) < 4.78 is 0. The second-order valence-electron chi connectivity index (χ2n) is 4.70. The van der Waals surface area contributed by atoms with Gasteiger partial charge in [-0.15, -0.1) is 5.10 Å². The van der Waals surface area contributed by atoms with E-state index >= 15 is 0 Å². The number of aryl methyl sites for hydroxylation is 1. The fraction of sp³-hybridized carbons (Fsp3) is 0.750. The van der Waals surface area contributed by atoms with Crippen molar-refractivity contribution in [1.29, 1.82) is 0 Å². The van der Waals surface area contributed by atoms with Crippen LogP contribution in [0.4, 0.5) is 0 Å². The fourth-order valence-electron chi connectivity index (χ4n) is 2.09. The molecule has 1 amide bonds. The first-order valence-electron chi connectivity index (χ1n) is 6.92. The van der Waals surface area contributed by atoms with E-state index < -0.39 is 0 Å². The first-order chi connectivity index (χ1) is 9.29. The van der Waals surface area contributed by atoms with Gasteiger partial charge >= 0.3 is 0 Å². The molecule has 1 aliphatic rings. The molecule has 0 bridgehead atoms. The fourth-order valence-corrected chi connectivity index (χ4v) is 2.09. The van der Waals surface area contributed by atoms with Crippen molar-refractivity contribution in [1.82, 2.24) is 30.7 Å². The van der Waals surface area contributed by atoms with Gasteiger partial charge in [-0.05, 0) is 6.42 Å². The minimum absolute atomic E-state index is 0.200. The number of piperazine rings is 1. The molecule has 1 saturated heterocycles. The number of carbonyl (C=O) groups is 1. The summed E-state index contributed by atoms with van der Waals surface area (Å²) >= 11 is 0. The molecule has 7 heteroatoms. The minimum Gasteiger partial charge on any atom is -0.348 e. The van der Waals surface area contributed by atoms with Crippen LogP contribution >= 0.6 is 0 Å². The molecule has 2 rings (SSSR count). The lowest BCUT2D eigenvalue weighted by Crippen LogP contribution is -2.46. The second-order valence-corrected chi connectivity index (χ2v) is 4.70. The Morgan fingerprint density at radius 2 is 2.21 bits per heavy atom. The lowest BCUT2D eigenvalue weighted by molar-refractivity contribution is 0.0937. The van der Waals surface area contributed by atoms with Crippen LogP contribution in [0.15, 0.2) is 0 Å². The van der Waals surface area contributed by atoms with Crippen LogP contribution in [0.3, 0.4) is 0 Å². The van der Waals surface area contributed by atoms with Crippen LogP contribution in [-0.2, 0) is 6.42 Å². The molecule has 106 valence electrons. The van der Waals surface area contributed by atoms with E-state index in [0.717, 1.165) is 51.4 Å². The Kier molecular flexibility index (Phi) is 5.29. The van der Waals surface area contributed by atoms with Gasteiger partial charge < -0.3 is 10.6 Å². The minimum atomic E-state index is -0.200. The zero-order chi connectivity index (χ0) is 13.5. The second kappa shape index (κ2) is 7.20. The Hall–Kier alpha value is -1.47. The molecule has 0 spiro atoms. The molecule has 0 aliphatic carbocycles. The molecule has 3 N–H and O–H groups in total. The van der Waals surface area contributed by atoms with Gasteiger partial charge in [-0.25, -0.2) is 4.98 Å². The molecule has 2 heterocycles. The first-order valence-corrected chi connectivity index (χ1v) is 6.92. The van der Waals surface area contributed by atoms with Crippen molar-refractivity contribution in [2.45, 2.75) is 19.8 Å². The van der Waals surface area contributed by atoms with Gasteiger partial charge in [-0.2, -0.15) is 0 Å². The lowest BCUT2D eigenvalue weighted by atomic mass is 10.3. The number of nitrogens with one attached hydrogen (secondary N) is 3. The number of aromatic amines is 1. The van der Waals surface area contributed by atoms with Gasteiger partial charge in [0.05, 0.1) is 0 Å². The van der Waals surface area contributed by atoms with Crippen molar-refractivity contribution in [2.75, 3.05) is 39.3 Å². The highest BCUT2D eigenvalue weighted by atomic mass is 16.2. The van der Waals surface area contributed by atoms with E-state index in [-0.39, 0.29) is 11.7 Å². The van der Waals surface area contributed by atoms with E-state index in [0.29, 0.717) is 6.54 Å². The third-order valence-corrected chi connectivity index (χ3v) is 3.14. The van der Waals surface area contributed by atoms with Gasteiger partial charge in [0.15, 0.2) is 0 Å². The molecule has 0 aromatic carbocycles. The normalized spacial score (nSPS) is 16.5. The molecule has 0 radical (unpaired) electrons. The molecular weight excluding hydrogens is 244 g/mol. The van der Waals surface area contributed by atoms with Crippen molar-refractivity contribution in [3.05, 3.63) is 11.6 Å². The van der Waals surface area contributed by atoms with Gasteiger partial charge in [-0.1, -0.05) is 6.92 Å². The summed E-state index contributed by atoms with van der Waals surface area (Å²) in [6.45, 7) is 7.70. The molecule has 19 heavy (non-hydrogen) atoms. The van der Waals surface area contributed by atoms with Crippen LogP contribution in [0.1, 0.15) is 29.8 Å². The van der Waals surface area contributed by atoms with E-state index in [1.54, 1.807) is 0 Å². The number of rotatable bonds is 6. The van der Waals surface area contributed by atoms with Crippen LogP contribution in [0.2, 0.25) is 0 Å². The summed E-state index contributed by atoms with van der Waals surface area (Å²) in [5, 5.41) is 12.9. The third kappa shape index (κ3) is 4.29. The molecule has 1 aromatic heterocycles. The number of aromatic nitrogens is 3. The van der Waals surface area contributed by atoms with Crippen molar-refractivity contribution >= 4 is 5.91 Å². The average Bonchev–Trinajstić information content (AvgIpc) is 2.89. The summed E-state index contributed by atoms with van der Waals surface area (Å²) in [6, 6.07) is 0.